The Morgan fingerprint density at radius 2 is 0.544 bits per heavy atom. The summed E-state index contributed by atoms with van der Waals surface area (Å²) in [5, 5.41) is 16.8. The molecule has 0 atom stereocenters. The molecule has 0 saturated heterocycles. The van der Waals surface area contributed by atoms with Gasteiger partial charge in [0.1, 0.15) is 22.3 Å². The molecule has 33 rings (SSSR count). The lowest BCUT2D eigenvalue weighted by Crippen LogP contribution is -2.31. The summed E-state index contributed by atoms with van der Waals surface area (Å²) < 4.78 is 15.5. The Labute approximate surface area is 849 Å². The van der Waals surface area contributed by atoms with Gasteiger partial charge in [0, 0.05) is 80.3 Å². The van der Waals surface area contributed by atoms with Crippen molar-refractivity contribution >= 4 is 158 Å². The van der Waals surface area contributed by atoms with Gasteiger partial charge in [0.15, 0.2) is 11.6 Å². The summed E-state index contributed by atoms with van der Waals surface area (Å²) in [5.41, 5.74) is 38.7. The highest BCUT2D eigenvalue weighted by molar-refractivity contribution is 7.26. The molecule has 4 aliphatic carbocycles. The third kappa shape index (κ3) is 12.0. The van der Waals surface area contributed by atoms with Gasteiger partial charge < -0.3 is 8.83 Å². The molecule has 0 N–H and O–H groups in total. The second-order valence-electron chi connectivity index (χ2n) is 39.9. The van der Waals surface area contributed by atoms with Crippen molar-refractivity contribution in [2.45, 2.75) is 30.1 Å². The molecule has 1 aliphatic heterocycles. The predicted octanol–water partition coefficient (Wildman–Crippen LogP) is 35.6. The number of thiophene rings is 1. The van der Waals surface area contributed by atoms with E-state index in [1.165, 1.54) is 142 Å². The summed E-state index contributed by atoms with van der Waals surface area (Å²) in [4.78, 5) is 34.8. The molecule has 0 saturated carbocycles. The number of hydrogen-bond acceptors (Lipinski definition) is 10. The van der Waals surface area contributed by atoms with Gasteiger partial charge >= 0.3 is 0 Å². The minimum absolute atomic E-state index is 0.169. The van der Waals surface area contributed by atoms with E-state index in [0.717, 1.165) is 149 Å². The van der Waals surface area contributed by atoms with E-state index in [2.05, 4.69) is 480 Å². The fourth-order valence-electron chi connectivity index (χ4n) is 25.6. The van der Waals surface area contributed by atoms with Crippen LogP contribution in [0.25, 0.3) is 230 Å². The van der Waals surface area contributed by atoms with Gasteiger partial charge in [-0.2, -0.15) is 0 Å². The highest BCUT2D eigenvalue weighted by atomic mass is 32.1. The van der Waals surface area contributed by atoms with Crippen LogP contribution in [0.5, 0.6) is 0 Å². The third-order valence-corrected chi connectivity index (χ3v) is 33.1. The number of rotatable bonds is 6. The molecule has 0 unspecified atom stereocenters. The molecule has 0 bridgehead atoms. The van der Waals surface area contributed by atoms with Gasteiger partial charge in [0.25, 0.3) is 0 Å². The van der Waals surface area contributed by atoms with Crippen molar-refractivity contribution in [2.24, 2.45) is 0 Å². The van der Waals surface area contributed by atoms with Crippen molar-refractivity contribution in [3.8, 4) is 101 Å². The zero-order valence-electron chi connectivity index (χ0n) is 79.8. The van der Waals surface area contributed by atoms with Gasteiger partial charge in [-0.25, -0.2) is 29.9 Å². The van der Waals surface area contributed by atoms with Crippen LogP contribution >= 0.6 is 11.3 Å². The lowest BCUT2D eigenvalue weighted by molar-refractivity contribution is 0.631. The highest BCUT2D eigenvalue weighted by Crippen LogP contribution is 2.66. The van der Waals surface area contributed by atoms with Gasteiger partial charge in [0.2, 0.25) is 5.95 Å². The second kappa shape index (κ2) is 31.6. The van der Waals surface area contributed by atoms with Crippen molar-refractivity contribution in [3.05, 3.63) is 523 Å². The van der Waals surface area contributed by atoms with Crippen LogP contribution in [-0.2, 0) is 16.2 Å². The number of hydrogen-bond donors (Lipinski definition) is 0. The quantitative estimate of drug-likeness (QED) is 0.161. The topological polar surface area (TPSA) is 107 Å². The van der Waals surface area contributed by atoms with E-state index in [0.29, 0.717) is 11.8 Å². The van der Waals surface area contributed by atoms with Crippen molar-refractivity contribution in [3.63, 3.8) is 0 Å². The average molecular weight is 1890 g/mol. The van der Waals surface area contributed by atoms with E-state index in [9.17, 15) is 0 Å². The third-order valence-electron chi connectivity index (χ3n) is 32.0. The fourth-order valence-corrected chi connectivity index (χ4v) is 26.7. The summed E-state index contributed by atoms with van der Waals surface area (Å²) in [6.07, 6.45) is 0. The first-order valence-corrected chi connectivity index (χ1v) is 51.2. The van der Waals surface area contributed by atoms with E-state index in [1.807, 2.05) is 17.4 Å². The molecule has 5 aliphatic rings. The van der Waals surface area contributed by atoms with E-state index in [-0.39, 0.29) is 10.8 Å². The summed E-state index contributed by atoms with van der Waals surface area (Å²) in [5.74, 6) is 2.08. The number of aromatic nitrogens is 6. The van der Waals surface area contributed by atoms with Crippen LogP contribution < -0.4 is 4.90 Å². The normalized spacial score (nSPS) is 13.7. The monoisotopic (exact) mass is 1890 g/mol. The first-order valence-electron chi connectivity index (χ1n) is 50.3. The molecule has 0 radical (unpaired) electrons. The number of nitrogens with zero attached hydrogens (tertiary/aromatic N) is 7. The molecule has 10 heteroatoms. The summed E-state index contributed by atoms with van der Waals surface area (Å²) in [6.45, 7) is 4.59. The molecule has 22 aromatic carbocycles. The van der Waals surface area contributed by atoms with E-state index in [4.69, 9.17) is 38.7 Å². The maximum absolute atomic E-state index is 6.53. The van der Waals surface area contributed by atoms with E-state index >= 15 is 0 Å². The molecule has 7 heterocycles. The molecule has 6 aromatic heterocycles. The van der Waals surface area contributed by atoms with E-state index < -0.39 is 5.41 Å². The van der Waals surface area contributed by atoms with Crippen LogP contribution in [0.3, 0.4) is 0 Å². The van der Waals surface area contributed by atoms with Crippen LogP contribution in [-0.4, -0.2) is 29.9 Å². The summed E-state index contributed by atoms with van der Waals surface area (Å²) >= 11 is 1.84. The number of anilines is 3. The second-order valence-corrected chi connectivity index (χ2v) is 41.0. The number of fused-ring (bicyclic) bond motifs is 40. The standard InChI is InChI=1S/C49H28N2O.C49H28N2S.C39H27N3O/c1-2-12-29(13-3-1)46-37-24-25-43-45(38-26-30-14-4-5-15-31(30)28-44(38)52-43)47(37)51-48(50-46)32-22-23-36-35-18-8-11-21-41(35)49(42(36)27-32)39-19-9-6-16-33(39)34-17-7-10-20-40(34)49;1-2-12-29(13-3-1)46-36-23-25-43-45(38-26-30-14-4-5-15-31(30)28-44(38)52-43)47(36)51-48(50-46)32-22-24-42-37(27-32)35-18-8-11-21-41(35)49(42)39-19-9-6-16-33(39)34-17-7-10-20-40(34)49;1-39(2)29-16-8-10-18-31(29)42(32-19-11-9-17-30(32)39)38-40-36(24-12-4-3-5-13-24)27-20-21-33-35(37(27)41-38)28-22-25-14-6-7-15-26(25)23-34(28)43-33/h2*1-28H;3-23H,1-2H3. The zero-order chi connectivity index (χ0) is 96.6. The van der Waals surface area contributed by atoms with Crippen LogP contribution in [0.1, 0.15) is 69.5 Å². The molecule has 28 aromatic rings. The molecule has 2 spiro atoms. The molecule has 684 valence electrons. The Morgan fingerprint density at radius 1 is 0.211 bits per heavy atom. The van der Waals surface area contributed by atoms with Crippen LogP contribution in [0.4, 0.5) is 17.3 Å². The largest absolute Gasteiger partial charge is 0.456 e. The molecular formula is C137H83N7O2S. The number of benzene rings is 22. The summed E-state index contributed by atoms with van der Waals surface area (Å²) in [6, 6.07) is 168. The maximum Gasteiger partial charge on any atom is 0.235 e. The van der Waals surface area contributed by atoms with Crippen LogP contribution in [0.2, 0.25) is 0 Å². The molecular weight excluding hydrogens is 1810 g/mol. The minimum atomic E-state index is -0.441. The van der Waals surface area contributed by atoms with Crippen molar-refractivity contribution < 1.29 is 8.83 Å². The lowest BCUT2D eigenvalue weighted by atomic mass is 9.70. The van der Waals surface area contributed by atoms with Gasteiger partial charge in [-0.15, -0.1) is 11.3 Å². The molecule has 0 fully saturated rings. The SMILES string of the molecule is CC1(C)c2ccccc2N(c2nc(-c3ccccc3)c3ccc4oc5cc6ccccc6cc5c4c3n2)c2ccccc21.c1ccc(-c2nc(-c3ccc4c(c3)-c3ccccc3C43c4ccccc4-c4ccccc43)nc3c2ccc2sc4cc5ccccc5cc4c23)cc1.c1ccc(-c2nc(-c3ccc4c(c3)C3(c5ccccc5-c5ccccc53)c3ccccc3-4)nc3c2ccc2oc4cc5ccccc5cc4c23)cc1. The highest BCUT2D eigenvalue weighted by Gasteiger charge is 2.54. The number of para-hydroxylation sites is 2. The first-order chi connectivity index (χ1) is 72.6. The van der Waals surface area contributed by atoms with Gasteiger partial charge in [-0.1, -0.05) is 384 Å². The molecule has 0 amide bonds. The van der Waals surface area contributed by atoms with Gasteiger partial charge in [-0.3, -0.25) is 4.90 Å². The number of furan rings is 2. The molecule has 147 heavy (non-hydrogen) atoms. The zero-order valence-corrected chi connectivity index (χ0v) is 80.6. The van der Waals surface area contributed by atoms with Gasteiger partial charge in [-0.05, 0) is 230 Å². The average Bonchev–Trinajstić information content (AvgIpc) is 1.51. The minimum Gasteiger partial charge on any atom is -0.456 e. The maximum atomic E-state index is 6.53. The van der Waals surface area contributed by atoms with E-state index in [1.54, 1.807) is 0 Å². The first kappa shape index (κ1) is 82.9. The predicted molar refractivity (Wildman–Crippen MR) is 605 cm³/mol. The molecule has 9 nitrogen and oxygen atoms in total. The Balaban J connectivity index is 0.000000100. The Bertz CT molecular complexity index is 10400. The smallest absolute Gasteiger partial charge is 0.235 e. The summed E-state index contributed by atoms with van der Waals surface area (Å²) in [7, 11) is 0. The van der Waals surface area contributed by atoms with Crippen molar-refractivity contribution in [1.29, 1.82) is 0 Å². The Kier molecular flexibility index (Phi) is 17.8. The lowest BCUT2D eigenvalue weighted by Gasteiger charge is -2.41. The fraction of sp³-hybridized carbons (Fsp3) is 0.0365. The Morgan fingerprint density at radius 3 is 1.00 bits per heavy atom. The van der Waals surface area contributed by atoms with Gasteiger partial charge in [0.05, 0.1) is 66.6 Å². The Hall–Kier alpha value is -18.7. The van der Waals surface area contributed by atoms with Crippen molar-refractivity contribution in [1.82, 2.24) is 29.9 Å². The van der Waals surface area contributed by atoms with Crippen LogP contribution in [0, 0.1) is 0 Å². The van der Waals surface area contributed by atoms with Crippen LogP contribution in [0.15, 0.2) is 476 Å². The van der Waals surface area contributed by atoms with Crippen molar-refractivity contribution in [2.75, 3.05) is 4.90 Å².